The number of hydrogen-bond acceptors (Lipinski definition) is 4. The molecule has 1 aromatic heterocycles. The molecule has 0 amide bonds. The van der Waals surface area contributed by atoms with Crippen LogP contribution in [0.25, 0.3) is 22.4 Å². The number of halogens is 1. The number of H-pyrrole nitrogens is 1. The van der Waals surface area contributed by atoms with Crippen LogP contribution >= 0.6 is 11.6 Å². The molecule has 0 spiro atoms. The molecule has 0 saturated carbocycles. The molecule has 0 saturated heterocycles. The number of aromatic nitrogens is 2. The van der Waals surface area contributed by atoms with Gasteiger partial charge in [-0.3, -0.25) is 0 Å². The summed E-state index contributed by atoms with van der Waals surface area (Å²) in [6.07, 6.45) is 0. The molecule has 0 unspecified atom stereocenters. The molecule has 1 N–H and O–H groups in total. The van der Waals surface area contributed by atoms with Crippen molar-refractivity contribution in [2.45, 2.75) is 6.61 Å². The number of esters is 1. The molecule has 0 bridgehead atoms. The average molecular weight is 393 g/mol. The summed E-state index contributed by atoms with van der Waals surface area (Å²) in [4.78, 5) is 19.6. The number of methoxy groups -OCH3 is 1. The van der Waals surface area contributed by atoms with E-state index in [9.17, 15) is 4.79 Å². The van der Waals surface area contributed by atoms with Crippen molar-refractivity contribution in [2.24, 2.45) is 0 Å². The minimum absolute atomic E-state index is 0.381. The summed E-state index contributed by atoms with van der Waals surface area (Å²) in [5.41, 5.74) is 3.81. The van der Waals surface area contributed by atoms with Gasteiger partial charge in [-0.25, -0.2) is 9.78 Å². The van der Waals surface area contributed by atoms with Crippen LogP contribution in [0.1, 0.15) is 15.9 Å². The zero-order valence-electron chi connectivity index (χ0n) is 15.1. The van der Waals surface area contributed by atoms with E-state index in [0.29, 0.717) is 28.8 Å². The number of fused-ring (bicyclic) bond motifs is 1. The predicted octanol–water partition coefficient (Wildman–Crippen LogP) is 5.25. The standard InChI is InChI=1S/C22H17ClN2O3/c1-27-22(26)15-9-10-19-20(12-15)25-21(24-19)14-6-4-7-17(11-14)28-13-16-5-2-3-8-18(16)23/h2-12H,13H2,1H3,(H,24,25). The lowest BCUT2D eigenvalue weighted by atomic mass is 10.2. The molecular weight excluding hydrogens is 376 g/mol. The van der Waals surface area contributed by atoms with Crippen LogP contribution in [-0.4, -0.2) is 23.0 Å². The van der Waals surface area contributed by atoms with E-state index in [0.717, 1.165) is 22.2 Å². The molecule has 0 radical (unpaired) electrons. The van der Waals surface area contributed by atoms with Gasteiger partial charge in [-0.05, 0) is 36.4 Å². The summed E-state index contributed by atoms with van der Waals surface area (Å²) in [5.74, 6) is 1.03. The third kappa shape index (κ3) is 3.70. The van der Waals surface area contributed by atoms with Crippen LogP contribution < -0.4 is 4.74 Å². The Bertz CT molecular complexity index is 1150. The highest BCUT2D eigenvalue weighted by molar-refractivity contribution is 6.31. The Hall–Kier alpha value is -3.31. The molecule has 3 aromatic carbocycles. The van der Waals surface area contributed by atoms with Crippen molar-refractivity contribution in [3.8, 4) is 17.1 Å². The first-order chi connectivity index (χ1) is 13.6. The molecule has 5 nitrogen and oxygen atoms in total. The molecule has 6 heteroatoms. The second-order valence-corrected chi connectivity index (χ2v) is 6.62. The van der Waals surface area contributed by atoms with E-state index in [1.807, 2.05) is 48.5 Å². The summed E-state index contributed by atoms with van der Waals surface area (Å²) >= 11 is 6.18. The topological polar surface area (TPSA) is 64.2 Å². The van der Waals surface area contributed by atoms with Gasteiger partial charge in [0.15, 0.2) is 0 Å². The number of carbonyl (C=O) groups excluding carboxylic acids is 1. The fourth-order valence-corrected chi connectivity index (χ4v) is 3.09. The van der Waals surface area contributed by atoms with Crippen molar-refractivity contribution in [1.29, 1.82) is 0 Å². The fraction of sp³-hybridized carbons (Fsp3) is 0.0909. The number of nitrogens with one attached hydrogen (secondary N) is 1. The van der Waals surface area contributed by atoms with E-state index >= 15 is 0 Å². The molecule has 0 aliphatic heterocycles. The first kappa shape index (κ1) is 18.1. The van der Waals surface area contributed by atoms with Crippen molar-refractivity contribution in [2.75, 3.05) is 7.11 Å². The van der Waals surface area contributed by atoms with Gasteiger partial charge in [0.1, 0.15) is 18.2 Å². The number of carbonyl (C=O) groups is 1. The summed E-state index contributed by atoms with van der Waals surface area (Å²) in [5, 5.41) is 0.678. The van der Waals surface area contributed by atoms with Crippen molar-refractivity contribution in [3.05, 3.63) is 82.9 Å². The number of imidazole rings is 1. The lowest BCUT2D eigenvalue weighted by molar-refractivity contribution is 0.0601. The number of rotatable bonds is 5. The maximum atomic E-state index is 11.7. The number of ether oxygens (including phenoxy) is 2. The van der Waals surface area contributed by atoms with Gasteiger partial charge in [0.25, 0.3) is 0 Å². The molecule has 4 rings (SSSR count). The van der Waals surface area contributed by atoms with Gasteiger partial charge in [0.2, 0.25) is 0 Å². The highest BCUT2D eigenvalue weighted by atomic mass is 35.5. The van der Waals surface area contributed by atoms with E-state index in [4.69, 9.17) is 21.1 Å². The van der Waals surface area contributed by atoms with Gasteiger partial charge in [0.05, 0.1) is 23.7 Å². The molecule has 1 heterocycles. The lowest BCUT2D eigenvalue weighted by Crippen LogP contribution is -2.00. The zero-order chi connectivity index (χ0) is 19.5. The molecule has 0 atom stereocenters. The molecule has 28 heavy (non-hydrogen) atoms. The number of hydrogen-bond donors (Lipinski definition) is 1. The number of benzene rings is 3. The van der Waals surface area contributed by atoms with Crippen LogP contribution in [0.15, 0.2) is 66.7 Å². The Labute approximate surface area is 166 Å². The minimum Gasteiger partial charge on any atom is -0.489 e. The number of nitrogens with zero attached hydrogens (tertiary/aromatic N) is 1. The minimum atomic E-state index is -0.381. The Morgan fingerprint density at radius 1 is 1.07 bits per heavy atom. The molecule has 4 aromatic rings. The van der Waals surface area contributed by atoms with Crippen molar-refractivity contribution in [1.82, 2.24) is 9.97 Å². The van der Waals surface area contributed by atoms with E-state index in [1.165, 1.54) is 7.11 Å². The quantitative estimate of drug-likeness (QED) is 0.471. The normalized spacial score (nSPS) is 10.8. The van der Waals surface area contributed by atoms with Crippen LogP contribution in [0.4, 0.5) is 0 Å². The summed E-state index contributed by atoms with van der Waals surface area (Å²) in [7, 11) is 1.36. The van der Waals surface area contributed by atoms with Crippen molar-refractivity contribution < 1.29 is 14.3 Å². The second-order valence-electron chi connectivity index (χ2n) is 6.22. The highest BCUT2D eigenvalue weighted by Gasteiger charge is 2.11. The Kier molecular flexibility index (Phi) is 5.00. The van der Waals surface area contributed by atoms with Crippen LogP contribution in [0.5, 0.6) is 5.75 Å². The van der Waals surface area contributed by atoms with Gasteiger partial charge >= 0.3 is 5.97 Å². The third-order valence-electron chi connectivity index (χ3n) is 4.36. The van der Waals surface area contributed by atoms with Gasteiger partial charge in [-0.2, -0.15) is 0 Å². The lowest BCUT2D eigenvalue weighted by Gasteiger charge is -2.08. The predicted molar refractivity (Wildman–Crippen MR) is 109 cm³/mol. The van der Waals surface area contributed by atoms with Crippen molar-refractivity contribution in [3.63, 3.8) is 0 Å². The highest BCUT2D eigenvalue weighted by Crippen LogP contribution is 2.26. The molecular formula is C22H17ClN2O3. The van der Waals surface area contributed by atoms with Gasteiger partial charge < -0.3 is 14.5 Å². The average Bonchev–Trinajstić information content (AvgIpc) is 3.16. The van der Waals surface area contributed by atoms with Crippen molar-refractivity contribution >= 4 is 28.6 Å². The van der Waals surface area contributed by atoms with Crippen LogP contribution in [-0.2, 0) is 11.3 Å². The van der Waals surface area contributed by atoms with Crippen LogP contribution in [0.3, 0.4) is 0 Å². The van der Waals surface area contributed by atoms with Crippen LogP contribution in [0, 0.1) is 0 Å². The summed E-state index contributed by atoms with van der Waals surface area (Å²) in [6.45, 7) is 0.381. The molecule has 0 aliphatic rings. The first-order valence-corrected chi connectivity index (χ1v) is 9.06. The molecule has 140 valence electrons. The van der Waals surface area contributed by atoms with Gasteiger partial charge in [-0.1, -0.05) is 41.9 Å². The largest absolute Gasteiger partial charge is 0.489 e. The SMILES string of the molecule is COC(=O)c1ccc2nc(-c3cccc(OCc4ccccc4Cl)c3)[nH]c2c1. The monoisotopic (exact) mass is 392 g/mol. The first-order valence-electron chi connectivity index (χ1n) is 8.69. The summed E-state index contributed by atoms with van der Waals surface area (Å²) < 4.78 is 10.7. The van der Waals surface area contributed by atoms with E-state index in [-0.39, 0.29) is 5.97 Å². The second kappa shape index (κ2) is 7.74. The van der Waals surface area contributed by atoms with E-state index in [2.05, 4.69) is 9.97 Å². The number of aromatic amines is 1. The zero-order valence-corrected chi connectivity index (χ0v) is 15.9. The van der Waals surface area contributed by atoms with Crippen LogP contribution in [0.2, 0.25) is 5.02 Å². The molecule has 0 fully saturated rings. The Balaban J connectivity index is 1.58. The Morgan fingerprint density at radius 3 is 2.75 bits per heavy atom. The van der Waals surface area contributed by atoms with E-state index in [1.54, 1.807) is 18.2 Å². The summed E-state index contributed by atoms with van der Waals surface area (Å²) in [6, 6.07) is 20.5. The third-order valence-corrected chi connectivity index (χ3v) is 4.73. The maximum Gasteiger partial charge on any atom is 0.337 e. The van der Waals surface area contributed by atoms with E-state index < -0.39 is 0 Å². The van der Waals surface area contributed by atoms with Gasteiger partial charge in [0, 0.05) is 16.1 Å². The maximum absolute atomic E-state index is 11.7. The Morgan fingerprint density at radius 2 is 1.93 bits per heavy atom. The van der Waals surface area contributed by atoms with Gasteiger partial charge in [-0.15, -0.1) is 0 Å². The molecule has 0 aliphatic carbocycles. The fourth-order valence-electron chi connectivity index (χ4n) is 2.90. The smallest absolute Gasteiger partial charge is 0.337 e.